The summed E-state index contributed by atoms with van der Waals surface area (Å²) in [7, 11) is 0. The lowest BCUT2D eigenvalue weighted by molar-refractivity contribution is -0.385. The Balaban J connectivity index is 1.64. The molecule has 0 spiro atoms. The molecule has 6 nitrogen and oxygen atoms in total. The Morgan fingerprint density at radius 2 is 2.23 bits per heavy atom. The van der Waals surface area contributed by atoms with Crippen molar-refractivity contribution in [3.8, 4) is 0 Å². The fraction of sp³-hybridized carbons (Fsp3) is 0.333. The number of nitrogens with zero attached hydrogens (tertiary/aromatic N) is 2. The van der Waals surface area contributed by atoms with E-state index in [0.717, 1.165) is 35.0 Å². The highest BCUT2D eigenvalue weighted by molar-refractivity contribution is 7.98. The predicted octanol–water partition coefficient (Wildman–Crippen LogP) is 4.31. The van der Waals surface area contributed by atoms with E-state index in [-0.39, 0.29) is 16.2 Å². The molecule has 8 heteroatoms. The molecule has 4 rings (SSSR count). The second kappa shape index (κ2) is 6.85. The quantitative estimate of drug-likeness (QED) is 0.312. The number of H-pyrrole nitrogens is 1. The van der Waals surface area contributed by atoms with Crippen LogP contribution in [-0.2, 0) is 18.6 Å². The van der Waals surface area contributed by atoms with Gasteiger partial charge in [-0.2, -0.15) is 0 Å². The van der Waals surface area contributed by atoms with Gasteiger partial charge in [0.1, 0.15) is 4.83 Å². The molecule has 0 radical (unpaired) electrons. The van der Waals surface area contributed by atoms with Gasteiger partial charge in [-0.15, -0.1) is 11.3 Å². The van der Waals surface area contributed by atoms with E-state index in [1.807, 2.05) is 0 Å². The molecule has 0 aliphatic heterocycles. The summed E-state index contributed by atoms with van der Waals surface area (Å²) in [5.74, 6) is 1.02. The van der Waals surface area contributed by atoms with Gasteiger partial charge in [0.05, 0.1) is 10.3 Å². The molecule has 1 atom stereocenters. The molecular formula is C18H17N3O3S2. The number of aromatic nitrogens is 2. The third-order valence-corrected chi connectivity index (χ3v) is 6.77. The van der Waals surface area contributed by atoms with E-state index < -0.39 is 0 Å². The van der Waals surface area contributed by atoms with Gasteiger partial charge in [0.2, 0.25) is 0 Å². The monoisotopic (exact) mass is 387 g/mol. The molecule has 1 N–H and O–H groups in total. The largest absolute Gasteiger partial charge is 0.301 e. The molecular weight excluding hydrogens is 370 g/mol. The van der Waals surface area contributed by atoms with Crippen LogP contribution in [0.3, 0.4) is 0 Å². The van der Waals surface area contributed by atoms with E-state index in [1.165, 1.54) is 22.7 Å². The number of nitro groups is 1. The Morgan fingerprint density at radius 1 is 1.42 bits per heavy atom. The summed E-state index contributed by atoms with van der Waals surface area (Å²) in [6.07, 6.45) is 3.05. The molecule has 0 fully saturated rings. The Kier molecular flexibility index (Phi) is 4.54. The maximum Gasteiger partial charge on any atom is 0.273 e. The minimum absolute atomic E-state index is 0.0870. The average Bonchev–Trinajstić information content (AvgIpc) is 2.97. The third kappa shape index (κ3) is 3.14. The van der Waals surface area contributed by atoms with E-state index in [2.05, 4.69) is 16.9 Å². The first-order valence-electron chi connectivity index (χ1n) is 8.42. The number of aromatic amines is 1. The first-order chi connectivity index (χ1) is 12.5. The Morgan fingerprint density at radius 3 is 3.04 bits per heavy atom. The molecule has 2 aromatic heterocycles. The Bertz CT molecular complexity index is 1060. The number of benzene rings is 1. The minimum Gasteiger partial charge on any atom is -0.301 e. The lowest BCUT2D eigenvalue weighted by Gasteiger charge is -2.17. The summed E-state index contributed by atoms with van der Waals surface area (Å²) < 4.78 is 0. The molecule has 1 aromatic carbocycles. The highest BCUT2D eigenvalue weighted by Gasteiger charge is 2.23. The summed E-state index contributed by atoms with van der Waals surface area (Å²) >= 11 is 2.92. The number of thioether (sulfide) groups is 1. The lowest BCUT2D eigenvalue weighted by Crippen LogP contribution is -2.13. The van der Waals surface area contributed by atoms with E-state index in [9.17, 15) is 14.9 Å². The fourth-order valence-electron chi connectivity index (χ4n) is 3.35. The van der Waals surface area contributed by atoms with Crippen LogP contribution in [0.25, 0.3) is 10.2 Å². The standard InChI is InChI=1S/C18H17N3O3S2/c1-10-6-7-12-14(8-10)26-17-15(12)16(22)19-18(20-17)25-9-11-4-2-3-5-13(11)21(23)24/h2-5,10H,6-9H2,1H3,(H,19,20,22)/t10-/m0/s1. The van der Waals surface area contributed by atoms with Crippen LogP contribution in [0.1, 0.15) is 29.3 Å². The maximum atomic E-state index is 12.6. The van der Waals surface area contributed by atoms with Crippen LogP contribution >= 0.6 is 23.1 Å². The van der Waals surface area contributed by atoms with Crippen LogP contribution < -0.4 is 5.56 Å². The van der Waals surface area contributed by atoms with Crippen molar-refractivity contribution in [1.82, 2.24) is 9.97 Å². The summed E-state index contributed by atoms with van der Waals surface area (Å²) in [5, 5.41) is 12.4. The second-order valence-corrected chi connectivity index (χ2v) is 8.63. The van der Waals surface area contributed by atoms with Crippen molar-refractivity contribution in [2.75, 3.05) is 0 Å². The Labute approximate surface area is 157 Å². The van der Waals surface area contributed by atoms with Crippen LogP contribution in [0.2, 0.25) is 0 Å². The normalized spacial score (nSPS) is 16.6. The van der Waals surface area contributed by atoms with E-state index in [0.29, 0.717) is 22.4 Å². The Hall–Kier alpha value is -2.19. The SMILES string of the molecule is C[C@H]1CCc2c(sc3nc(SCc4ccccc4[N+](=O)[O-])[nH]c(=O)c23)C1. The number of rotatable bonds is 4. The number of para-hydroxylation sites is 1. The van der Waals surface area contributed by atoms with Gasteiger partial charge in [-0.3, -0.25) is 14.9 Å². The van der Waals surface area contributed by atoms with Crippen molar-refractivity contribution in [1.29, 1.82) is 0 Å². The van der Waals surface area contributed by atoms with Crippen molar-refractivity contribution in [3.63, 3.8) is 0 Å². The summed E-state index contributed by atoms with van der Waals surface area (Å²) in [5.41, 5.74) is 1.76. The zero-order chi connectivity index (χ0) is 18.3. The molecule has 1 aliphatic rings. The van der Waals surface area contributed by atoms with Gasteiger partial charge in [-0.25, -0.2) is 4.98 Å². The lowest BCUT2D eigenvalue weighted by atomic mass is 9.89. The number of fused-ring (bicyclic) bond motifs is 3. The van der Waals surface area contributed by atoms with Crippen LogP contribution in [-0.4, -0.2) is 14.9 Å². The number of nitro benzene ring substituents is 1. The van der Waals surface area contributed by atoms with Gasteiger partial charge in [0.25, 0.3) is 11.2 Å². The van der Waals surface area contributed by atoms with Crippen LogP contribution in [0, 0.1) is 16.0 Å². The van der Waals surface area contributed by atoms with Crippen molar-refractivity contribution in [3.05, 3.63) is 60.7 Å². The number of nitrogens with one attached hydrogen (secondary N) is 1. The third-order valence-electron chi connectivity index (χ3n) is 4.70. The molecule has 1 aliphatic carbocycles. The molecule has 26 heavy (non-hydrogen) atoms. The van der Waals surface area contributed by atoms with Gasteiger partial charge in [0.15, 0.2) is 5.16 Å². The number of aryl methyl sites for hydroxylation is 1. The van der Waals surface area contributed by atoms with Gasteiger partial charge in [-0.05, 0) is 30.7 Å². The topological polar surface area (TPSA) is 88.9 Å². The first-order valence-corrected chi connectivity index (χ1v) is 10.2. The summed E-state index contributed by atoms with van der Waals surface area (Å²) in [6.45, 7) is 2.24. The van der Waals surface area contributed by atoms with E-state index in [1.54, 1.807) is 29.5 Å². The number of hydrogen-bond acceptors (Lipinski definition) is 6. The predicted molar refractivity (Wildman–Crippen MR) is 104 cm³/mol. The number of thiophene rings is 1. The van der Waals surface area contributed by atoms with Gasteiger partial charge in [-0.1, -0.05) is 36.9 Å². The van der Waals surface area contributed by atoms with E-state index >= 15 is 0 Å². The van der Waals surface area contributed by atoms with Crippen LogP contribution in [0.5, 0.6) is 0 Å². The van der Waals surface area contributed by atoms with Crippen molar-refractivity contribution >= 4 is 39.0 Å². The van der Waals surface area contributed by atoms with Gasteiger partial charge >= 0.3 is 0 Å². The highest BCUT2D eigenvalue weighted by atomic mass is 32.2. The van der Waals surface area contributed by atoms with Gasteiger partial charge in [0, 0.05) is 22.3 Å². The molecule has 0 saturated heterocycles. The first kappa shape index (κ1) is 17.2. The molecule has 0 amide bonds. The summed E-state index contributed by atoms with van der Waals surface area (Å²) in [4.78, 5) is 32.8. The van der Waals surface area contributed by atoms with Crippen LogP contribution in [0.4, 0.5) is 5.69 Å². The van der Waals surface area contributed by atoms with Gasteiger partial charge < -0.3 is 4.98 Å². The molecule has 2 heterocycles. The van der Waals surface area contributed by atoms with E-state index in [4.69, 9.17) is 0 Å². The zero-order valence-electron chi connectivity index (χ0n) is 14.2. The molecule has 0 unspecified atom stereocenters. The average molecular weight is 387 g/mol. The summed E-state index contributed by atoms with van der Waals surface area (Å²) in [6, 6.07) is 6.64. The molecule has 3 aromatic rings. The smallest absolute Gasteiger partial charge is 0.273 e. The maximum absolute atomic E-state index is 12.6. The highest BCUT2D eigenvalue weighted by Crippen LogP contribution is 2.36. The molecule has 0 saturated carbocycles. The minimum atomic E-state index is -0.385. The molecule has 0 bridgehead atoms. The van der Waals surface area contributed by atoms with Crippen LogP contribution in [0.15, 0.2) is 34.2 Å². The second-order valence-electron chi connectivity index (χ2n) is 6.58. The number of hydrogen-bond donors (Lipinski definition) is 1. The van der Waals surface area contributed by atoms with Crippen molar-refractivity contribution in [2.45, 2.75) is 37.1 Å². The zero-order valence-corrected chi connectivity index (χ0v) is 15.8. The van der Waals surface area contributed by atoms with Crippen molar-refractivity contribution in [2.24, 2.45) is 5.92 Å². The van der Waals surface area contributed by atoms with Crippen molar-refractivity contribution < 1.29 is 4.92 Å². The fourth-order valence-corrected chi connectivity index (χ4v) is 5.65. The molecule has 134 valence electrons.